The maximum Gasteiger partial charge on any atom is 0.269 e. The van der Waals surface area contributed by atoms with Crippen LogP contribution in [-0.2, 0) is 6.54 Å². The molecule has 0 radical (unpaired) electrons. The molecule has 6 heteroatoms. The lowest BCUT2D eigenvalue weighted by molar-refractivity contribution is 0.0947. The molecule has 3 rings (SSSR count). The van der Waals surface area contributed by atoms with Gasteiger partial charge in [-0.15, -0.1) is 0 Å². The maximum atomic E-state index is 12.2. The highest BCUT2D eigenvalue weighted by Gasteiger charge is 2.06. The normalized spacial score (nSPS) is 10.3. The Kier molecular flexibility index (Phi) is 4.76. The molecule has 0 atom stereocenters. The molecule has 0 aliphatic rings. The van der Waals surface area contributed by atoms with Gasteiger partial charge in [0, 0.05) is 30.9 Å². The number of carbonyl (C=O) groups excluding carboxylic acids is 1. The molecular formula is C18H16N4O2. The van der Waals surface area contributed by atoms with Crippen molar-refractivity contribution >= 4 is 5.91 Å². The minimum atomic E-state index is -0.266. The Hall–Kier alpha value is -3.28. The first-order valence-electron chi connectivity index (χ1n) is 7.55. The summed E-state index contributed by atoms with van der Waals surface area (Å²) in [5.41, 5.74) is 1.72. The summed E-state index contributed by atoms with van der Waals surface area (Å²) < 4.78 is 1.46. The summed E-state index contributed by atoms with van der Waals surface area (Å²) in [4.78, 5) is 32.3. The van der Waals surface area contributed by atoms with E-state index in [-0.39, 0.29) is 11.5 Å². The zero-order chi connectivity index (χ0) is 16.8. The highest BCUT2D eigenvalue weighted by atomic mass is 16.2. The standard InChI is InChI=1S/C18H16N4O2/c23-17-12-16(14-6-2-1-3-7-14)21-13-22(17)11-10-20-18(24)15-8-4-5-9-19-15/h1-9,12-13H,10-11H2,(H,20,24). The van der Waals surface area contributed by atoms with E-state index in [4.69, 9.17) is 0 Å². The van der Waals surface area contributed by atoms with Crippen LogP contribution in [0, 0.1) is 0 Å². The van der Waals surface area contributed by atoms with Gasteiger partial charge in [-0.05, 0) is 12.1 Å². The van der Waals surface area contributed by atoms with Gasteiger partial charge in [-0.2, -0.15) is 0 Å². The second-order valence-corrected chi connectivity index (χ2v) is 5.14. The lowest BCUT2D eigenvalue weighted by Crippen LogP contribution is -2.31. The number of pyridine rings is 1. The molecule has 0 spiro atoms. The number of hydrogen-bond acceptors (Lipinski definition) is 4. The molecule has 3 aromatic rings. The Morgan fingerprint density at radius 2 is 1.83 bits per heavy atom. The van der Waals surface area contributed by atoms with Crippen molar-refractivity contribution < 1.29 is 4.79 Å². The largest absolute Gasteiger partial charge is 0.349 e. The first kappa shape index (κ1) is 15.6. The van der Waals surface area contributed by atoms with Gasteiger partial charge in [-0.3, -0.25) is 19.1 Å². The quantitative estimate of drug-likeness (QED) is 0.777. The fourth-order valence-electron chi connectivity index (χ4n) is 2.24. The van der Waals surface area contributed by atoms with Gasteiger partial charge in [-0.25, -0.2) is 4.98 Å². The summed E-state index contributed by atoms with van der Waals surface area (Å²) >= 11 is 0. The van der Waals surface area contributed by atoms with Crippen molar-refractivity contribution in [1.82, 2.24) is 19.9 Å². The Labute approximate surface area is 138 Å². The number of benzene rings is 1. The summed E-state index contributed by atoms with van der Waals surface area (Å²) in [5, 5.41) is 2.73. The van der Waals surface area contributed by atoms with Gasteiger partial charge in [0.25, 0.3) is 11.5 Å². The van der Waals surface area contributed by atoms with Gasteiger partial charge < -0.3 is 5.32 Å². The molecule has 1 amide bonds. The van der Waals surface area contributed by atoms with Crippen LogP contribution in [0.4, 0.5) is 0 Å². The number of hydrogen-bond donors (Lipinski definition) is 1. The van der Waals surface area contributed by atoms with E-state index >= 15 is 0 Å². The second-order valence-electron chi connectivity index (χ2n) is 5.14. The smallest absolute Gasteiger partial charge is 0.269 e. The van der Waals surface area contributed by atoms with Crippen molar-refractivity contribution in [2.24, 2.45) is 0 Å². The van der Waals surface area contributed by atoms with E-state index in [1.807, 2.05) is 30.3 Å². The zero-order valence-electron chi connectivity index (χ0n) is 12.9. The van der Waals surface area contributed by atoms with E-state index in [9.17, 15) is 9.59 Å². The Morgan fingerprint density at radius 3 is 2.54 bits per heavy atom. The molecular weight excluding hydrogens is 304 g/mol. The highest BCUT2D eigenvalue weighted by Crippen LogP contribution is 2.13. The Morgan fingerprint density at radius 1 is 1.04 bits per heavy atom. The van der Waals surface area contributed by atoms with Gasteiger partial charge in [0.2, 0.25) is 0 Å². The SMILES string of the molecule is O=C(NCCn1cnc(-c2ccccc2)cc1=O)c1ccccn1. The molecule has 24 heavy (non-hydrogen) atoms. The maximum absolute atomic E-state index is 12.2. The molecule has 1 aromatic carbocycles. The van der Waals surface area contributed by atoms with Gasteiger partial charge >= 0.3 is 0 Å². The van der Waals surface area contributed by atoms with Gasteiger partial charge in [-0.1, -0.05) is 36.4 Å². The molecule has 6 nitrogen and oxygen atoms in total. The van der Waals surface area contributed by atoms with Crippen LogP contribution in [0.1, 0.15) is 10.5 Å². The molecule has 0 aliphatic carbocycles. The van der Waals surface area contributed by atoms with E-state index in [1.54, 1.807) is 24.4 Å². The third kappa shape index (κ3) is 3.73. The monoisotopic (exact) mass is 320 g/mol. The second kappa shape index (κ2) is 7.32. The third-order valence-corrected chi connectivity index (χ3v) is 3.48. The lowest BCUT2D eigenvalue weighted by Gasteiger charge is -2.08. The molecule has 120 valence electrons. The fourth-order valence-corrected chi connectivity index (χ4v) is 2.24. The van der Waals surface area contributed by atoms with Gasteiger partial charge in [0.1, 0.15) is 5.69 Å². The van der Waals surface area contributed by atoms with Gasteiger partial charge in [0.05, 0.1) is 12.0 Å². The molecule has 0 unspecified atom stereocenters. The zero-order valence-corrected chi connectivity index (χ0v) is 12.9. The van der Waals surface area contributed by atoms with Crippen molar-refractivity contribution in [2.45, 2.75) is 6.54 Å². The molecule has 0 bridgehead atoms. The van der Waals surface area contributed by atoms with Crippen LogP contribution >= 0.6 is 0 Å². The fraction of sp³-hybridized carbons (Fsp3) is 0.111. The first-order chi connectivity index (χ1) is 11.7. The predicted molar refractivity (Wildman–Crippen MR) is 90.5 cm³/mol. The summed E-state index contributed by atoms with van der Waals surface area (Å²) in [6, 6.07) is 16.1. The number of aromatic nitrogens is 3. The molecule has 2 heterocycles. The van der Waals surface area contributed by atoms with Crippen molar-refractivity contribution in [2.75, 3.05) is 6.54 Å². The van der Waals surface area contributed by atoms with Crippen LogP contribution in [0.25, 0.3) is 11.3 Å². The van der Waals surface area contributed by atoms with Crippen LogP contribution in [0.15, 0.2) is 71.9 Å². The topological polar surface area (TPSA) is 76.9 Å². The van der Waals surface area contributed by atoms with E-state index in [2.05, 4.69) is 15.3 Å². The summed E-state index contributed by atoms with van der Waals surface area (Å²) in [6.07, 6.45) is 3.06. The molecule has 1 N–H and O–H groups in total. The van der Waals surface area contributed by atoms with E-state index in [0.717, 1.165) is 5.56 Å². The number of amides is 1. The van der Waals surface area contributed by atoms with Crippen LogP contribution in [0.5, 0.6) is 0 Å². The minimum absolute atomic E-state index is 0.157. The molecule has 0 saturated heterocycles. The summed E-state index contributed by atoms with van der Waals surface area (Å²) in [6.45, 7) is 0.668. The van der Waals surface area contributed by atoms with Crippen LogP contribution in [0.2, 0.25) is 0 Å². The average molecular weight is 320 g/mol. The van der Waals surface area contributed by atoms with E-state index < -0.39 is 0 Å². The van der Waals surface area contributed by atoms with Crippen molar-refractivity contribution in [1.29, 1.82) is 0 Å². The summed E-state index contributed by atoms with van der Waals surface area (Å²) in [7, 11) is 0. The van der Waals surface area contributed by atoms with Crippen LogP contribution in [0.3, 0.4) is 0 Å². The predicted octanol–water partition coefficient (Wildman–Crippen LogP) is 1.74. The van der Waals surface area contributed by atoms with Gasteiger partial charge in [0.15, 0.2) is 0 Å². The lowest BCUT2D eigenvalue weighted by atomic mass is 10.1. The van der Waals surface area contributed by atoms with Crippen molar-refractivity contribution in [3.63, 3.8) is 0 Å². The Bertz CT molecular complexity index is 876. The molecule has 0 saturated carbocycles. The minimum Gasteiger partial charge on any atom is -0.349 e. The molecule has 0 fully saturated rings. The van der Waals surface area contributed by atoms with Crippen LogP contribution < -0.4 is 10.9 Å². The van der Waals surface area contributed by atoms with E-state index in [0.29, 0.717) is 24.5 Å². The third-order valence-electron chi connectivity index (χ3n) is 3.48. The number of nitrogens with zero attached hydrogens (tertiary/aromatic N) is 3. The van der Waals surface area contributed by atoms with Crippen LogP contribution in [-0.4, -0.2) is 27.0 Å². The Balaban J connectivity index is 1.62. The number of carbonyl (C=O) groups is 1. The number of nitrogens with one attached hydrogen (secondary N) is 1. The van der Waals surface area contributed by atoms with Crippen molar-refractivity contribution in [3.8, 4) is 11.3 Å². The number of rotatable bonds is 5. The molecule has 0 aliphatic heterocycles. The first-order valence-corrected chi connectivity index (χ1v) is 7.55. The summed E-state index contributed by atoms with van der Waals surface area (Å²) in [5.74, 6) is -0.266. The highest BCUT2D eigenvalue weighted by molar-refractivity contribution is 5.92. The van der Waals surface area contributed by atoms with Crippen molar-refractivity contribution in [3.05, 3.63) is 83.2 Å². The molecule has 2 aromatic heterocycles. The average Bonchev–Trinajstić information content (AvgIpc) is 2.64. The van der Waals surface area contributed by atoms with E-state index in [1.165, 1.54) is 17.0 Å².